The number of nitrogens with zero attached hydrogens (tertiary/aromatic N) is 1. The quantitative estimate of drug-likeness (QED) is 0.792. The summed E-state index contributed by atoms with van der Waals surface area (Å²) in [5.41, 5.74) is 0. The van der Waals surface area contributed by atoms with Gasteiger partial charge < -0.3 is 10.2 Å². The predicted molar refractivity (Wildman–Crippen MR) is 74.2 cm³/mol. The van der Waals surface area contributed by atoms with Gasteiger partial charge in [0.2, 0.25) is 0 Å². The molecule has 100 valence electrons. The van der Waals surface area contributed by atoms with Gasteiger partial charge in [0.1, 0.15) is 0 Å². The Hall–Kier alpha value is -0.0800. The van der Waals surface area contributed by atoms with Crippen LogP contribution in [0.3, 0.4) is 0 Å². The standard InChI is InChI=1S/C15H30N2/c1-4-12(2)10-17(3)11-14-9-13-7-5-6-8-15(13)16-14/h12-16H,4-11H2,1-3H3. The summed E-state index contributed by atoms with van der Waals surface area (Å²) in [6.45, 7) is 7.15. The molecule has 0 bridgehead atoms. The lowest BCUT2D eigenvalue weighted by Crippen LogP contribution is -2.40. The Bertz CT molecular complexity index is 215. The van der Waals surface area contributed by atoms with Crippen LogP contribution in [-0.2, 0) is 0 Å². The smallest absolute Gasteiger partial charge is 0.0200 e. The van der Waals surface area contributed by atoms with Gasteiger partial charge in [-0.05, 0) is 38.1 Å². The maximum atomic E-state index is 3.87. The molecule has 2 nitrogen and oxygen atoms in total. The van der Waals surface area contributed by atoms with E-state index in [4.69, 9.17) is 0 Å². The molecule has 0 aromatic heterocycles. The molecule has 2 rings (SSSR count). The summed E-state index contributed by atoms with van der Waals surface area (Å²) in [4.78, 5) is 2.53. The van der Waals surface area contributed by atoms with Crippen molar-refractivity contribution in [3.63, 3.8) is 0 Å². The van der Waals surface area contributed by atoms with Crippen LogP contribution in [-0.4, -0.2) is 37.1 Å². The van der Waals surface area contributed by atoms with Gasteiger partial charge in [-0.2, -0.15) is 0 Å². The molecule has 0 aromatic rings. The third-order valence-corrected chi connectivity index (χ3v) is 4.80. The molecule has 1 saturated carbocycles. The van der Waals surface area contributed by atoms with Gasteiger partial charge in [0.25, 0.3) is 0 Å². The second-order valence-corrected chi connectivity index (χ2v) is 6.48. The van der Waals surface area contributed by atoms with Gasteiger partial charge in [0.05, 0.1) is 0 Å². The zero-order chi connectivity index (χ0) is 12.3. The average molecular weight is 238 g/mol. The molecule has 4 atom stereocenters. The van der Waals surface area contributed by atoms with E-state index in [2.05, 4.69) is 31.1 Å². The molecule has 0 amide bonds. The van der Waals surface area contributed by atoms with Crippen molar-refractivity contribution in [1.82, 2.24) is 10.2 Å². The lowest BCUT2D eigenvalue weighted by Gasteiger charge is -2.25. The molecule has 1 saturated heterocycles. The zero-order valence-electron chi connectivity index (χ0n) is 11.9. The van der Waals surface area contributed by atoms with Crippen LogP contribution in [0.2, 0.25) is 0 Å². The van der Waals surface area contributed by atoms with Crippen molar-refractivity contribution >= 4 is 0 Å². The number of likely N-dealkylation sites (N-methyl/N-ethyl adjacent to an activating group) is 1. The van der Waals surface area contributed by atoms with Crippen LogP contribution in [0.1, 0.15) is 52.4 Å². The van der Waals surface area contributed by atoms with Crippen LogP contribution >= 0.6 is 0 Å². The highest BCUT2D eigenvalue weighted by Crippen LogP contribution is 2.33. The molecule has 1 aliphatic carbocycles. The molecule has 0 spiro atoms. The minimum Gasteiger partial charge on any atom is -0.310 e. The first-order valence-corrected chi connectivity index (χ1v) is 7.63. The molecule has 0 radical (unpaired) electrons. The minimum atomic E-state index is 0.761. The van der Waals surface area contributed by atoms with Crippen molar-refractivity contribution < 1.29 is 0 Å². The van der Waals surface area contributed by atoms with E-state index < -0.39 is 0 Å². The summed E-state index contributed by atoms with van der Waals surface area (Å²) in [5, 5.41) is 3.87. The van der Waals surface area contributed by atoms with E-state index in [1.165, 1.54) is 51.6 Å². The second kappa shape index (κ2) is 6.19. The van der Waals surface area contributed by atoms with E-state index in [0.29, 0.717) is 0 Å². The fourth-order valence-electron chi connectivity index (χ4n) is 3.68. The molecule has 1 heterocycles. The van der Waals surface area contributed by atoms with Crippen molar-refractivity contribution in [2.45, 2.75) is 64.5 Å². The number of hydrogen-bond donors (Lipinski definition) is 1. The predicted octanol–water partition coefficient (Wildman–Crippen LogP) is 2.89. The molecule has 17 heavy (non-hydrogen) atoms. The van der Waals surface area contributed by atoms with Crippen molar-refractivity contribution in [3.05, 3.63) is 0 Å². The summed E-state index contributed by atoms with van der Waals surface area (Å²) in [6, 6.07) is 1.61. The normalized spacial score (nSPS) is 34.9. The Morgan fingerprint density at radius 2 is 2.06 bits per heavy atom. The summed E-state index contributed by atoms with van der Waals surface area (Å²) >= 11 is 0. The summed E-state index contributed by atoms with van der Waals surface area (Å²) in [5.74, 6) is 1.83. The zero-order valence-corrected chi connectivity index (χ0v) is 11.9. The molecule has 2 aliphatic rings. The summed E-state index contributed by atoms with van der Waals surface area (Å²) in [6.07, 6.45) is 8.55. The van der Waals surface area contributed by atoms with Crippen LogP contribution < -0.4 is 5.32 Å². The molecule has 1 aliphatic heterocycles. The molecular formula is C15H30N2. The minimum absolute atomic E-state index is 0.761. The molecule has 2 heteroatoms. The van der Waals surface area contributed by atoms with Crippen molar-refractivity contribution in [1.29, 1.82) is 0 Å². The van der Waals surface area contributed by atoms with Crippen LogP contribution in [0.5, 0.6) is 0 Å². The lowest BCUT2D eigenvalue weighted by molar-refractivity contribution is 0.256. The fourth-order valence-corrected chi connectivity index (χ4v) is 3.68. The van der Waals surface area contributed by atoms with Gasteiger partial charge >= 0.3 is 0 Å². The van der Waals surface area contributed by atoms with Gasteiger partial charge in [-0.25, -0.2) is 0 Å². The van der Waals surface area contributed by atoms with Crippen molar-refractivity contribution in [2.75, 3.05) is 20.1 Å². The van der Waals surface area contributed by atoms with Crippen LogP contribution in [0.15, 0.2) is 0 Å². The molecule has 2 fully saturated rings. The molecule has 4 unspecified atom stereocenters. The van der Waals surface area contributed by atoms with E-state index in [9.17, 15) is 0 Å². The Morgan fingerprint density at radius 3 is 2.76 bits per heavy atom. The summed E-state index contributed by atoms with van der Waals surface area (Å²) in [7, 11) is 2.29. The van der Waals surface area contributed by atoms with Gasteiger partial charge in [0.15, 0.2) is 0 Å². The maximum absolute atomic E-state index is 3.87. The Kier molecular flexibility index (Phi) is 4.87. The number of hydrogen-bond acceptors (Lipinski definition) is 2. The third-order valence-electron chi connectivity index (χ3n) is 4.80. The Morgan fingerprint density at radius 1 is 1.29 bits per heavy atom. The number of rotatable bonds is 5. The molecular weight excluding hydrogens is 208 g/mol. The fraction of sp³-hybridized carbons (Fsp3) is 1.00. The molecule has 1 N–H and O–H groups in total. The largest absolute Gasteiger partial charge is 0.310 e. The van der Waals surface area contributed by atoms with Gasteiger partial charge in [-0.15, -0.1) is 0 Å². The first-order chi connectivity index (χ1) is 8.19. The van der Waals surface area contributed by atoms with Gasteiger partial charge in [-0.1, -0.05) is 33.1 Å². The van der Waals surface area contributed by atoms with Gasteiger partial charge in [-0.3, -0.25) is 0 Å². The first kappa shape index (κ1) is 13.4. The maximum Gasteiger partial charge on any atom is 0.0200 e. The highest BCUT2D eigenvalue weighted by atomic mass is 15.1. The van der Waals surface area contributed by atoms with E-state index >= 15 is 0 Å². The number of fused-ring (bicyclic) bond motifs is 1. The highest BCUT2D eigenvalue weighted by molar-refractivity contribution is 4.93. The van der Waals surface area contributed by atoms with Crippen molar-refractivity contribution in [2.24, 2.45) is 11.8 Å². The van der Waals surface area contributed by atoms with E-state index in [-0.39, 0.29) is 0 Å². The molecule has 0 aromatic carbocycles. The van der Waals surface area contributed by atoms with Crippen LogP contribution in [0.25, 0.3) is 0 Å². The average Bonchev–Trinajstić information content (AvgIpc) is 2.70. The lowest BCUT2D eigenvalue weighted by atomic mass is 9.85. The van der Waals surface area contributed by atoms with E-state index in [1.54, 1.807) is 0 Å². The Labute approximate surface area is 107 Å². The monoisotopic (exact) mass is 238 g/mol. The topological polar surface area (TPSA) is 15.3 Å². The second-order valence-electron chi connectivity index (χ2n) is 6.48. The first-order valence-electron chi connectivity index (χ1n) is 7.63. The highest BCUT2D eigenvalue weighted by Gasteiger charge is 2.35. The Balaban J connectivity index is 1.73. The van der Waals surface area contributed by atoms with E-state index in [0.717, 1.165) is 23.9 Å². The van der Waals surface area contributed by atoms with E-state index in [1.807, 2.05) is 0 Å². The SMILES string of the molecule is CCC(C)CN(C)CC1CC2CCCCC2N1. The summed E-state index contributed by atoms with van der Waals surface area (Å²) < 4.78 is 0. The van der Waals surface area contributed by atoms with Crippen LogP contribution in [0.4, 0.5) is 0 Å². The van der Waals surface area contributed by atoms with Gasteiger partial charge in [0, 0.05) is 25.2 Å². The van der Waals surface area contributed by atoms with Crippen molar-refractivity contribution in [3.8, 4) is 0 Å². The third kappa shape index (κ3) is 3.69. The number of nitrogens with one attached hydrogen (secondary N) is 1. The van der Waals surface area contributed by atoms with Crippen LogP contribution in [0, 0.1) is 11.8 Å².